The third kappa shape index (κ3) is 3.94. The molecule has 0 fully saturated rings. The lowest BCUT2D eigenvalue weighted by molar-refractivity contribution is 0.537. The van der Waals surface area contributed by atoms with Crippen molar-refractivity contribution in [1.29, 1.82) is 0 Å². The Morgan fingerprint density at radius 1 is 1.25 bits per heavy atom. The summed E-state index contributed by atoms with van der Waals surface area (Å²) in [6.07, 6.45) is 1.07. The number of hydrogen-bond acceptors (Lipinski definition) is 5. The highest BCUT2D eigenvalue weighted by Crippen LogP contribution is 2.24. The molecule has 0 saturated heterocycles. The van der Waals surface area contributed by atoms with E-state index in [9.17, 15) is 16.8 Å². The maximum atomic E-state index is 12.2. The lowest BCUT2D eigenvalue weighted by Crippen LogP contribution is -2.43. The number of halogens is 1. The van der Waals surface area contributed by atoms with E-state index >= 15 is 0 Å². The minimum Gasteiger partial charge on any atom is -0.399 e. The fraction of sp³-hybridized carbons (Fsp3) is 0.455. The number of benzene rings is 1. The van der Waals surface area contributed by atoms with Gasteiger partial charge in [0.15, 0.2) is 9.84 Å². The molecule has 0 aliphatic carbocycles. The van der Waals surface area contributed by atoms with Crippen LogP contribution in [0.5, 0.6) is 0 Å². The molecule has 0 heterocycles. The number of nitrogens with two attached hydrogens (primary N) is 1. The molecule has 6 nitrogen and oxygen atoms in total. The Bertz CT molecular complexity index is 712. The monoisotopic (exact) mass is 384 g/mol. The summed E-state index contributed by atoms with van der Waals surface area (Å²) in [6.45, 7) is 2.69. The van der Waals surface area contributed by atoms with Crippen molar-refractivity contribution in [3.8, 4) is 0 Å². The lowest BCUT2D eigenvalue weighted by Gasteiger charge is -2.22. The van der Waals surface area contributed by atoms with Crippen LogP contribution in [0.3, 0.4) is 0 Å². The number of sulfonamides is 1. The molecule has 0 saturated carbocycles. The number of nitrogen functional groups attached to an aromatic ring is 1. The highest BCUT2D eigenvalue weighted by molar-refractivity contribution is 9.10. The Hall–Kier alpha value is -0.640. The Labute approximate surface area is 127 Å². The van der Waals surface area contributed by atoms with Crippen LogP contribution in [0.4, 0.5) is 5.69 Å². The third-order valence-corrected chi connectivity index (χ3v) is 7.48. The van der Waals surface area contributed by atoms with Gasteiger partial charge in [0.1, 0.15) is 0 Å². The van der Waals surface area contributed by atoms with Crippen molar-refractivity contribution in [2.75, 3.05) is 18.5 Å². The summed E-state index contributed by atoms with van der Waals surface area (Å²) in [5.41, 5.74) is 5.87. The summed E-state index contributed by atoms with van der Waals surface area (Å²) < 4.78 is 49.0. The van der Waals surface area contributed by atoms with Crippen molar-refractivity contribution in [2.45, 2.75) is 23.5 Å². The van der Waals surface area contributed by atoms with Gasteiger partial charge in [0.25, 0.3) is 0 Å². The van der Waals surface area contributed by atoms with E-state index in [0.717, 1.165) is 6.26 Å². The standard InChI is InChI=1S/C11H17BrN2O4S2/c1-11(2,19(3,15)16)7-14-20(17,18)10-6-8(13)4-5-9(10)12/h4-6,14H,7,13H2,1-3H3. The minimum absolute atomic E-state index is 0.0261. The lowest BCUT2D eigenvalue weighted by atomic mass is 10.2. The van der Waals surface area contributed by atoms with Crippen LogP contribution in [-0.4, -0.2) is 34.4 Å². The van der Waals surface area contributed by atoms with Crippen molar-refractivity contribution in [2.24, 2.45) is 0 Å². The fourth-order valence-corrected chi connectivity index (χ4v) is 3.84. The maximum absolute atomic E-state index is 12.2. The fourth-order valence-electron chi connectivity index (χ4n) is 1.20. The normalized spacial score (nSPS) is 13.4. The second kappa shape index (κ2) is 5.63. The second-order valence-corrected chi connectivity index (χ2v) is 10.3. The van der Waals surface area contributed by atoms with Crippen molar-refractivity contribution < 1.29 is 16.8 Å². The molecule has 0 aliphatic rings. The van der Waals surface area contributed by atoms with E-state index in [1.165, 1.54) is 26.0 Å². The molecule has 1 aromatic carbocycles. The Morgan fingerprint density at radius 3 is 2.30 bits per heavy atom. The molecule has 0 aromatic heterocycles. The molecule has 1 rings (SSSR count). The summed E-state index contributed by atoms with van der Waals surface area (Å²) in [6, 6.07) is 4.38. The molecule has 0 spiro atoms. The maximum Gasteiger partial charge on any atom is 0.241 e. The van der Waals surface area contributed by atoms with E-state index < -0.39 is 24.6 Å². The zero-order valence-corrected chi connectivity index (χ0v) is 14.6. The van der Waals surface area contributed by atoms with E-state index in [0.29, 0.717) is 10.2 Å². The van der Waals surface area contributed by atoms with Gasteiger partial charge in [-0.1, -0.05) is 0 Å². The molecule has 1 aromatic rings. The largest absolute Gasteiger partial charge is 0.399 e. The predicted molar refractivity (Wildman–Crippen MR) is 82.7 cm³/mol. The summed E-state index contributed by atoms with van der Waals surface area (Å²) >= 11 is 3.13. The first-order chi connectivity index (χ1) is 8.87. The highest BCUT2D eigenvalue weighted by atomic mass is 79.9. The molecule has 20 heavy (non-hydrogen) atoms. The highest BCUT2D eigenvalue weighted by Gasteiger charge is 2.32. The number of sulfone groups is 1. The van der Waals surface area contributed by atoms with Crippen LogP contribution < -0.4 is 10.5 Å². The first-order valence-electron chi connectivity index (χ1n) is 5.61. The van der Waals surface area contributed by atoms with Gasteiger partial charge in [-0.15, -0.1) is 0 Å². The number of anilines is 1. The Kier molecular flexibility index (Phi) is 4.90. The Balaban J connectivity index is 3.06. The van der Waals surface area contributed by atoms with Crippen molar-refractivity contribution in [1.82, 2.24) is 4.72 Å². The van der Waals surface area contributed by atoms with Gasteiger partial charge in [-0.3, -0.25) is 0 Å². The van der Waals surface area contributed by atoms with E-state index in [-0.39, 0.29) is 11.4 Å². The SMILES string of the molecule is CC(C)(CNS(=O)(=O)c1cc(N)ccc1Br)S(C)(=O)=O. The van der Waals surface area contributed by atoms with E-state index in [2.05, 4.69) is 20.7 Å². The summed E-state index contributed by atoms with van der Waals surface area (Å²) in [5.74, 6) is 0. The smallest absolute Gasteiger partial charge is 0.241 e. The first kappa shape index (κ1) is 17.4. The molecule has 0 unspecified atom stereocenters. The second-order valence-electron chi connectivity index (χ2n) is 5.05. The van der Waals surface area contributed by atoms with Crippen molar-refractivity contribution >= 4 is 41.5 Å². The minimum atomic E-state index is -3.85. The molecule has 3 N–H and O–H groups in total. The molecule has 114 valence electrons. The quantitative estimate of drug-likeness (QED) is 0.740. The molecule has 0 atom stereocenters. The van der Waals surface area contributed by atoms with Crippen molar-refractivity contribution in [3.63, 3.8) is 0 Å². The zero-order chi connectivity index (χ0) is 15.8. The van der Waals surface area contributed by atoms with Gasteiger partial charge in [0, 0.05) is 23.0 Å². The van der Waals surface area contributed by atoms with Crippen LogP contribution in [0, 0.1) is 0 Å². The van der Waals surface area contributed by atoms with Crippen LogP contribution >= 0.6 is 15.9 Å². The summed E-state index contributed by atoms with van der Waals surface area (Å²) in [4.78, 5) is -0.0261. The Morgan fingerprint density at radius 2 is 1.80 bits per heavy atom. The van der Waals surface area contributed by atoms with E-state index in [4.69, 9.17) is 5.73 Å². The molecule has 0 aliphatic heterocycles. The van der Waals surface area contributed by atoms with Crippen LogP contribution in [0.25, 0.3) is 0 Å². The average Bonchev–Trinajstić information content (AvgIpc) is 2.28. The van der Waals surface area contributed by atoms with Gasteiger partial charge in [-0.2, -0.15) is 0 Å². The first-order valence-corrected chi connectivity index (χ1v) is 9.78. The van der Waals surface area contributed by atoms with E-state index in [1.807, 2.05) is 0 Å². The summed E-state index contributed by atoms with van der Waals surface area (Å²) in [7, 11) is -7.24. The van der Waals surface area contributed by atoms with Gasteiger partial charge in [-0.25, -0.2) is 21.6 Å². The summed E-state index contributed by atoms with van der Waals surface area (Å²) in [5, 5.41) is 0. The van der Waals surface area contributed by atoms with Crippen LogP contribution in [0.1, 0.15) is 13.8 Å². The van der Waals surface area contributed by atoms with Gasteiger partial charge in [0.05, 0.1) is 9.64 Å². The van der Waals surface area contributed by atoms with Crippen molar-refractivity contribution in [3.05, 3.63) is 22.7 Å². The van der Waals surface area contributed by atoms with Crippen LogP contribution in [0.15, 0.2) is 27.6 Å². The number of rotatable bonds is 5. The van der Waals surface area contributed by atoms with Gasteiger partial charge in [0.2, 0.25) is 10.0 Å². The molecule has 9 heteroatoms. The van der Waals surface area contributed by atoms with Crippen LogP contribution in [-0.2, 0) is 19.9 Å². The number of hydrogen-bond donors (Lipinski definition) is 2. The zero-order valence-electron chi connectivity index (χ0n) is 11.3. The third-order valence-electron chi connectivity index (χ3n) is 2.94. The topological polar surface area (TPSA) is 106 Å². The molecular formula is C11H17BrN2O4S2. The van der Waals surface area contributed by atoms with Gasteiger partial charge < -0.3 is 5.73 Å². The molecule has 0 radical (unpaired) electrons. The molecular weight excluding hydrogens is 368 g/mol. The predicted octanol–water partition coefficient (Wildman–Crippen LogP) is 1.13. The average molecular weight is 385 g/mol. The van der Waals surface area contributed by atoms with Crippen LogP contribution in [0.2, 0.25) is 0 Å². The molecule has 0 amide bonds. The number of nitrogens with one attached hydrogen (secondary N) is 1. The van der Waals surface area contributed by atoms with Gasteiger partial charge in [-0.05, 0) is 48.0 Å². The molecule has 0 bridgehead atoms. The van der Waals surface area contributed by atoms with E-state index in [1.54, 1.807) is 6.07 Å². The van der Waals surface area contributed by atoms with Gasteiger partial charge >= 0.3 is 0 Å².